The summed E-state index contributed by atoms with van der Waals surface area (Å²) in [7, 11) is 0. The van der Waals surface area contributed by atoms with Crippen LogP contribution in [0.4, 0.5) is 0 Å². The van der Waals surface area contributed by atoms with E-state index in [1.807, 2.05) is 48.5 Å². The molecule has 0 unspecified atom stereocenters. The Labute approximate surface area is 163 Å². The standard InChI is InChI=1S/C23H20N4O/c1-15-9-10-18(12-16(15)2)22-26-20-8-4-3-7-19(20)21(27-22)23(28)25-14-17-6-5-11-24-13-17/h3-13H,14H2,1-2H3,(H,25,28). The van der Waals surface area contributed by atoms with Crippen molar-refractivity contribution in [3.05, 3.63) is 89.4 Å². The number of rotatable bonds is 4. The summed E-state index contributed by atoms with van der Waals surface area (Å²) in [6.07, 6.45) is 3.44. The maximum absolute atomic E-state index is 12.9. The quantitative estimate of drug-likeness (QED) is 0.585. The second kappa shape index (κ2) is 7.56. The molecule has 1 N–H and O–H groups in total. The largest absolute Gasteiger partial charge is 0.347 e. The van der Waals surface area contributed by atoms with Gasteiger partial charge in [-0.1, -0.05) is 36.4 Å². The molecule has 138 valence electrons. The van der Waals surface area contributed by atoms with Crippen LogP contribution >= 0.6 is 0 Å². The van der Waals surface area contributed by atoms with Crippen molar-refractivity contribution in [3.8, 4) is 11.4 Å². The second-order valence-corrected chi connectivity index (χ2v) is 6.76. The molecular weight excluding hydrogens is 348 g/mol. The lowest BCUT2D eigenvalue weighted by molar-refractivity contribution is 0.0947. The number of nitrogens with zero attached hydrogens (tertiary/aromatic N) is 3. The van der Waals surface area contributed by atoms with E-state index >= 15 is 0 Å². The summed E-state index contributed by atoms with van der Waals surface area (Å²) in [6, 6.07) is 17.4. The maximum atomic E-state index is 12.9. The molecule has 4 rings (SSSR count). The predicted octanol–water partition coefficient (Wildman–Crippen LogP) is 4.24. The molecule has 0 spiro atoms. The molecule has 0 aliphatic heterocycles. The number of hydrogen-bond donors (Lipinski definition) is 1. The first-order valence-corrected chi connectivity index (χ1v) is 9.13. The molecule has 28 heavy (non-hydrogen) atoms. The molecule has 4 aromatic rings. The number of carbonyl (C=O) groups excluding carboxylic acids is 1. The van der Waals surface area contributed by atoms with Crippen LogP contribution in [0.5, 0.6) is 0 Å². The fourth-order valence-electron chi connectivity index (χ4n) is 3.03. The zero-order chi connectivity index (χ0) is 19.5. The molecule has 1 amide bonds. The van der Waals surface area contributed by atoms with Crippen LogP contribution in [0.3, 0.4) is 0 Å². The van der Waals surface area contributed by atoms with Gasteiger partial charge >= 0.3 is 0 Å². The van der Waals surface area contributed by atoms with Gasteiger partial charge in [-0.05, 0) is 48.7 Å². The molecule has 0 saturated carbocycles. The lowest BCUT2D eigenvalue weighted by Gasteiger charge is -2.10. The van der Waals surface area contributed by atoms with Crippen molar-refractivity contribution < 1.29 is 4.79 Å². The molecule has 0 aliphatic carbocycles. The van der Waals surface area contributed by atoms with Crippen molar-refractivity contribution >= 4 is 16.8 Å². The van der Waals surface area contributed by atoms with Crippen molar-refractivity contribution in [2.24, 2.45) is 0 Å². The van der Waals surface area contributed by atoms with Gasteiger partial charge in [-0.3, -0.25) is 9.78 Å². The van der Waals surface area contributed by atoms with Crippen molar-refractivity contribution in [1.82, 2.24) is 20.3 Å². The molecular formula is C23H20N4O. The Morgan fingerprint density at radius 1 is 0.964 bits per heavy atom. The number of aryl methyl sites for hydroxylation is 2. The predicted molar refractivity (Wildman–Crippen MR) is 110 cm³/mol. The van der Waals surface area contributed by atoms with Gasteiger partial charge in [0.2, 0.25) is 0 Å². The topological polar surface area (TPSA) is 67.8 Å². The fourth-order valence-corrected chi connectivity index (χ4v) is 3.03. The minimum Gasteiger partial charge on any atom is -0.347 e. The van der Waals surface area contributed by atoms with E-state index in [1.54, 1.807) is 12.4 Å². The Hall–Kier alpha value is -3.60. The SMILES string of the molecule is Cc1ccc(-c2nc(C(=O)NCc3cccnc3)c3ccccc3n2)cc1C. The third-order valence-corrected chi connectivity index (χ3v) is 4.76. The van der Waals surface area contributed by atoms with Crippen LogP contribution in [0.1, 0.15) is 27.2 Å². The summed E-state index contributed by atoms with van der Waals surface area (Å²) >= 11 is 0. The highest BCUT2D eigenvalue weighted by molar-refractivity contribution is 6.04. The van der Waals surface area contributed by atoms with Gasteiger partial charge in [0.05, 0.1) is 5.52 Å². The third-order valence-electron chi connectivity index (χ3n) is 4.76. The van der Waals surface area contributed by atoms with E-state index in [0.717, 1.165) is 27.6 Å². The van der Waals surface area contributed by atoms with Crippen LogP contribution in [0.2, 0.25) is 0 Å². The zero-order valence-corrected chi connectivity index (χ0v) is 15.8. The molecule has 0 fully saturated rings. The zero-order valence-electron chi connectivity index (χ0n) is 15.8. The van der Waals surface area contributed by atoms with Gasteiger partial charge in [-0.15, -0.1) is 0 Å². The van der Waals surface area contributed by atoms with E-state index in [4.69, 9.17) is 0 Å². The highest BCUT2D eigenvalue weighted by atomic mass is 16.1. The van der Waals surface area contributed by atoms with Crippen LogP contribution in [-0.4, -0.2) is 20.9 Å². The maximum Gasteiger partial charge on any atom is 0.270 e. The number of hydrogen-bond acceptors (Lipinski definition) is 4. The average molecular weight is 368 g/mol. The molecule has 2 aromatic heterocycles. The summed E-state index contributed by atoms with van der Waals surface area (Å²) in [5.74, 6) is 0.320. The van der Waals surface area contributed by atoms with Crippen LogP contribution in [0.15, 0.2) is 67.0 Å². The summed E-state index contributed by atoms with van der Waals surface area (Å²) < 4.78 is 0. The average Bonchev–Trinajstić information content (AvgIpc) is 2.74. The Morgan fingerprint density at radius 2 is 1.82 bits per heavy atom. The fraction of sp³-hybridized carbons (Fsp3) is 0.130. The van der Waals surface area contributed by atoms with Crippen LogP contribution in [-0.2, 0) is 6.54 Å². The number of amides is 1. The third kappa shape index (κ3) is 3.60. The van der Waals surface area contributed by atoms with E-state index in [0.29, 0.717) is 18.1 Å². The van der Waals surface area contributed by atoms with E-state index < -0.39 is 0 Å². The number of aromatic nitrogens is 3. The van der Waals surface area contributed by atoms with Gasteiger partial charge in [-0.2, -0.15) is 0 Å². The van der Waals surface area contributed by atoms with Crippen LogP contribution < -0.4 is 5.32 Å². The summed E-state index contributed by atoms with van der Waals surface area (Å²) in [4.78, 5) is 26.3. The first-order chi connectivity index (χ1) is 13.6. The van der Waals surface area contributed by atoms with Gasteiger partial charge in [0.25, 0.3) is 5.91 Å². The minimum absolute atomic E-state index is 0.229. The summed E-state index contributed by atoms with van der Waals surface area (Å²) in [5.41, 5.74) is 5.33. The number of para-hydroxylation sites is 1. The summed E-state index contributed by atoms with van der Waals surface area (Å²) in [6.45, 7) is 4.52. The van der Waals surface area contributed by atoms with Gasteiger partial charge in [0, 0.05) is 29.9 Å². The van der Waals surface area contributed by atoms with Gasteiger partial charge in [-0.25, -0.2) is 9.97 Å². The minimum atomic E-state index is -0.229. The summed E-state index contributed by atoms with van der Waals surface area (Å²) in [5, 5.41) is 3.67. The number of pyridine rings is 1. The molecule has 2 heterocycles. The van der Waals surface area contributed by atoms with Gasteiger partial charge in [0.15, 0.2) is 5.82 Å². The van der Waals surface area contributed by atoms with Crippen molar-refractivity contribution in [1.29, 1.82) is 0 Å². The normalized spacial score (nSPS) is 10.8. The van der Waals surface area contributed by atoms with Gasteiger partial charge < -0.3 is 5.32 Å². The van der Waals surface area contributed by atoms with E-state index in [-0.39, 0.29) is 5.91 Å². The Morgan fingerprint density at radius 3 is 2.61 bits per heavy atom. The van der Waals surface area contributed by atoms with Crippen LogP contribution in [0.25, 0.3) is 22.3 Å². The molecule has 0 aliphatic rings. The van der Waals surface area contributed by atoms with Crippen LogP contribution in [0, 0.1) is 13.8 Å². The van der Waals surface area contributed by atoms with E-state index in [2.05, 4.69) is 40.2 Å². The molecule has 0 radical (unpaired) electrons. The molecule has 0 bridgehead atoms. The molecule has 5 nitrogen and oxygen atoms in total. The molecule has 5 heteroatoms. The monoisotopic (exact) mass is 368 g/mol. The van der Waals surface area contributed by atoms with Crippen molar-refractivity contribution in [2.45, 2.75) is 20.4 Å². The number of nitrogens with one attached hydrogen (secondary N) is 1. The molecule has 2 aromatic carbocycles. The van der Waals surface area contributed by atoms with Crippen molar-refractivity contribution in [2.75, 3.05) is 0 Å². The Balaban J connectivity index is 1.73. The highest BCUT2D eigenvalue weighted by Gasteiger charge is 2.16. The van der Waals surface area contributed by atoms with Gasteiger partial charge in [0.1, 0.15) is 5.69 Å². The molecule has 0 atom stereocenters. The molecule has 0 saturated heterocycles. The first kappa shape index (κ1) is 17.8. The second-order valence-electron chi connectivity index (χ2n) is 6.76. The lowest BCUT2D eigenvalue weighted by atomic mass is 10.1. The smallest absolute Gasteiger partial charge is 0.270 e. The van der Waals surface area contributed by atoms with Crippen molar-refractivity contribution in [3.63, 3.8) is 0 Å². The number of carbonyl (C=O) groups is 1. The van der Waals surface area contributed by atoms with E-state index in [9.17, 15) is 4.79 Å². The Kier molecular flexibility index (Phi) is 4.81. The Bertz CT molecular complexity index is 1160. The number of benzene rings is 2. The van der Waals surface area contributed by atoms with E-state index in [1.165, 1.54) is 5.56 Å². The lowest BCUT2D eigenvalue weighted by Crippen LogP contribution is -2.24. The highest BCUT2D eigenvalue weighted by Crippen LogP contribution is 2.23. The first-order valence-electron chi connectivity index (χ1n) is 9.13. The number of fused-ring (bicyclic) bond motifs is 1.